The average Bonchev–Trinajstić information content (AvgIpc) is 2.71. The van der Waals surface area contributed by atoms with E-state index in [1.54, 1.807) is 0 Å². The van der Waals surface area contributed by atoms with Crippen molar-refractivity contribution in [3.05, 3.63) is 46.8 Å². The van der Waals surface area contributed by atoms with Gasteiger partial charge in [0.2, 0.25) is 5.95 Å². The van der Waals surface area contributed by atoms with E-state index in [1.165, 1.54) is 11.1 Å². The number of aryl methyl sites for hydroxylation is 2. The second-order valence-corrected chi connectivity index (χ2v) is 5.00. The van der Waals surface area contributed by atoms with Crippen LogP contribution in [0.1, 0.15) is 28.6 Å². The molecule has 2 aromatic rings. The van der Waals surface area contributed by atoms with Crippen LogP contribution < -0.4 is 11.1 Å². The fraction of sp³-hybridized carbons (Fsp3) is 0.357. The zero-order valence-electron chi connectivity index (χ0n) is 11.1. The van der Waals surface area contributed by atoms with Gasteiger partial charge in [-0.2, -0.15) is 5.10 Å². The van der Waals surface area contributed by atoms with Crippen LogP contribution in [0.25, 0.3) is 0 Å². The zero-order valence-corrected chi connectivity index (χ0v) is 11.1. The molecule has 3 rings (SSSR count). The van der Waals surface area contributed by atoms with Gasteiger partial charge in [-0.05, 0) is 31.4 Å². The van der Waals surface area contributed by atoms with E-state index in [0.29, 0.717) is 5.95 Å². The Bertz CT molecular complexity index is 611. The SMILES string of the molecule is Cc1nnc(NC2c3ccccc3CC2N)nc1C. The first kappa shape index (κ1) is 12.0. The van der Waals surface area contributed by atoms with Gasteiger partial charge in [-0.25, -0.2) is 4.98 Å². The quantitative estimate of drug-likeness (QED) is 0.851. The van der Waals surface area contributed by atoms with Crippen LogP contribution in [0.15, 0.2) is 24.3 Å². The highest BCUT2D eigenvalue weighted by molar-refractivity contribution is 5.42. The largest absolute Gasteiger partial charge is 0.345 e. The van der Waals surface area contributed by atoms with Crippen LogP contribution in [0.4, 0.5) is 5.95 Å². The Labute approximate surface area is 112 Å². The maximum absolute atomic E-state index is 6.21. The Morgan fingerprint density at radius 3 is 2.74 bits per heavy atom. The number of nitrogens with two attached hydrogens (primary N) is 1. The Balaban J connectivity index is 1.89. The summed E-state index contributed by atoms with van der Waals surface area (Å²) in [4.78, 5) is 4.40. The minimum absolute atomic E-state index is 0.0441. The van der Waals surface area contributed by atoms with Crippen molar-refractivity contribution in [3.63, 3.8) is 0 Å². The monoisotopic (exact) mass is 255 g/mol. The van der Waals surface area contributed by atoms with E-state index in [4.69, 9.17) is 5.73 Å². The summed E-state index contributed by atoms with van der Waals surface area (Å²) in [6.07, 6.45) is 0.881. The van der Waals surface area contributed by atoms with Crippen molar-refractivity contribution >= 4 is 5.95 Å². The molecule has 5 heteroatoms. The third kappa shape index (κ3) is 2.17. The lowest BCUT2D eigenvalue weighted by Crippen LogP contribution is -2.30. The van der Waals surface area contributed by atoms with Crippen LogP contribution in [0.3, 0.4) is 0 Å². The highest BCUT2D eigenvalue weighted by Crippen LogP contribution is 2.32. The molecule has 2 unspecified atom stereocenters. The Morgan fingerprint density at radius 2 is 1.95 bits per heavy atom. The number of hydrogen-bond acceptors (Lipinski definition) is 5. The number of nitrogens with one attached hydrogen (secondary N) is 1. The second kappa shape index (κ2) is 4.59. The molecular formula is C14H17N5. The van der Waals surface area contributed by atoms with Crippen molar-refractivity contribution in [3.8, 4) is 0 Å². The van der Waals surface area contributed by atoms with Crippen molar-refractivity contribution < 1.29 is 0 Å². The van der Waals surface area contributed by atoms with E-state index >= 15 is 0 Å². The number of anilines is 1. The van der Waals surface area contributed by atoms with Gasteiger partial charge in [-0.15, -0.1) is 5.10 Å². The van der Waals surface area contributed by atoms with Gasteiger partial charge in [0.25, 0.3) is 0 Å². The van der Waals surface area contributed by atoms with Crippen LogP contribution in [0.5, 0.6) is 0 Å². The minimum Gasteiger partial charge on any atom is -0.345 e. The molecule has 19 heavy (non-hydrogen) atoms. The summed E-state index contributed by atoms with van der Waals surface area (Å²) < 4.78 is 0. The second-order valence-electron chi connectivity index (χ2n) is 5.00. The van der Waals surface area contributed by atoms with Gasteiger partial charge in [0.1, 0.15) is 0 Å². The van der Waals surface area contributed by atoms with Gasteiger partial charge in [0, 0.05) is 6.04 Å². The molecule has 1 aliphatic carbocycles. The summed E-state index contributed by atoms with van der Waals surface area (Å²) in [7, 11) is 0. The van der Waals surface area contributed by atoms with Crippen LogP contribution in [0.2, 0.25) is 0 Å². The van der Waals surface area contributed by atoms with Gasteiger partial charge in [-0.1, -0.05) is 24.3 Å². The lowest BCUT2D eigenvalue weighted by Gasteiger charge is -2.18. The van der Waals surface area contributed by atoms with Gasteiger partial charge in [-0.3, -0.25) is 0 Å². The van der Waals surface area contributed by atoms with Gasteiger partial charge < -0.3 is 11.1 Å². The fourth-order valence-corrected chi connectivity index (χ4v) is 2.47. The van der Waals surface area contributed by atoms with Crippen LogP contribution in [-0.2, 0) is 6.42 Å². The molecule has 1 aromatic heterocycles. The molecule has 2 atom stereocenters. The summed E-state index contributed by atoms with van der Waals surface area (Å²) in [6, 6.07) is 8.40. The van der Waals surface area contributed by atoms with Gasteiger partial charge in [0.05, 0.1) is 17.4 Å². The number of benzene rings is 1. The number of aromatic nitrogens is 3. The molecule has 3 N–H and O–H groups in total. The highest BCUT2D eigenvalue weighted by atomic mass is 15.3. The van der Waals surface area contributed by atoms with Crippen LogP contribution in [-0.4, -0.2) is 21.2 Å². The predicted octanol–water partition coefficient (Wildman–Crippen LogP) is 1.53. The summed E-state index contributed by atoms with van der Waals surface area (Å²) in [5.41, 5.74) is 10.5. The predicted molar refractivity (Wildman–Crippen MR) is 73.8 cm³/mol. The number of rotatable bonds is 2. The molecule has 0 fully saturated rings. The van der Waals surface area contributed by atoms with Gasteiger partial charge >= 0.3 is 0 Å². The summed E-state index contributed by atoms with van der Waals surface area (Å²) in [5, 5.41) is 11.5. The minimum atomic E-state index is 0.0441. The molecule has 0 saturated carbocycles. The molecule has 0 spiro atoms. The van der Waals surface area contributed by atoms with E-state index in [2.05, 4.69) is 32.6 Å². The lowest BCUT2D eigenvalue weighted by molar-refractivity contribution is 0.618. The summed E-state index contributed by atoms with van der Waals surface area (Å²) in [6.45, 7) is 3.83. The molecule has 98 valence electrons. The first-order valence-electron chi connectivity index (χ1n) is 6.43. The van der Waals surface area contributed by atoms with Crippen molar-refractivity contribution in [1.29, 1.82) is 0 Å². The van der Waals surface area contributed by atoms with Crippen LogP contribution in [0, 0.1) is 13.8 Å². The molecule has 1 aliphatic rings. The number of hydrogen-bond donors (Lipinski definition) is 2. The normalized spacial score (nSPS) is 21.2. The van der Waals surface area contributed by atoms with E-state index in [0.717, 1.165) is 17.8 Å². The molecule has 0 amide bonds. The molecule has 0 radical (unpaired) electrons. The first-order valence-corrected chi connectivity index (χ1v) is 6.43. The van der Waals surface area contributed by atoms with E-state index in [-0.39, 0.29) is 12.1 Å². The third-order valence-corrected chi connectivity index (χ3v) is 3.65. The van der Waals surface area contributed by atoms with Crippen molar-refractivity contribution in [1.82, 2.24) is 15.2 Å². The Hall–Kier alpha value is -2.01. The third-order valence-electron chi connectivity index (χ3n) is 3.65. The average molecular weight is 255 g/mol. The van der Waals surface area contributed by atoms with E-state index in [1.807, 2.05) is 26.0 Å². The van der Waals surface area contributed by atoms with Crippen molar-refractivity contribution in [2.45, 2.75) is 32.4 Å². The van der Waals surface area contributed by atoms with E-state index in [9.17, 15) is 0 Å². The fourth-order valence-electron chi connectivity index (χ4n) is 2.47. The molecule has 1 heterocycles. The topological polar surface area (TPSA) is 76.7 Å². The maximum Gasteiger partial charge on any atom is 0.243 e. The smallest absolute Gasteiger partial charge is 0.243 e. The van der Waals surface area contributed by atoms with Crippen molar-refractivity contribution in [2.24, 2.45) is 5.73 Å². The molecule has 0 saturated heterocycles. The maximum atomic E-state index is 6.21. The lowest BCUT2D eigenvalue weighted by atomic mass is 10.1. The molecule has 0 aliphatic heterocycles. The van der Waals surface area contributed by atoms with Crippen LogP contribution >= 0.6 is 0 Å². The standard InChI is InChI=1S/C14H17N5/c1-8-9(2)18-19-14(16-8)17-13-11-6-4-3-5-10(11)7-12(13)15/h3-6,12-13H,7,15H2,1-2H3,(H,16,17,19). The first-order chi connectivity index (χ1) is 9.15. The van der Waals surface area contributed by atoms with E-state index < -0.39 is 0 Å². The zero-order chi connectivity index (χ0) is 13.4. The van der Waals surface area contributed by atoms with Gasteiger partial charge in [0.15, 0.2) is 0 Å². The summed E-state index contributed by atoms with van der Waals surface area (Å²) >= 11 is 0. The molecule has 1 aromatic carbocycles. The Kier molecular flexibility index (Phi) is 2.91. The number of fused-ring (bicyclic) bond motifs is 1. The summed E-state index contributed by atoms with van der Waals surface area (Å²) in [5.74, 6) is 0.542. The number of nitrogens with zero attached hydrogens (tertiary/aromatic N) is 3. The Morgan fingerprint density at radius 1 is 1.16 bits per heavy atom. The molecule has 0 bridgehead atoms. The van der Waals surface area contributed by atoms with Crippen molar-refractivity contribution in [2.75, 3.05) is 5.32 Å². The highest BCUT2D eigenvalue weighted by Gasteiger charge is 2.30. The molecule has 5 nitrogen and oxygen atoms in total. The molecular weight excluding hydrogens is 238 g/mol.